The van der Waals surface area contributed by atoms with Crippen LogP contribution >= 0.6 is 15.9 Å². The molecule has 4 heteroatoms. The molecule has 1 fully saturated rings. The van der Waals surface area contributed by atoms with E-state index < -0.39 is 0 Å². The van der Waals surface area contributed by atoms with Crippen molar-refractivity contribution in [2.24, 2.45) is 5.73 Å². The predicted molar refractivity (Wildman–Crippen MR) is 80.6 cm³/mol. The molecule has 0 aliphatic heterocycles. The largest absolute Gasteiger partial charge is 0.352 e. The summed E-state index contributed by atoms with van der Waals surface area (Å²) in [6, 6.07) is 7.96. The molecule has 3 nitrogen and oxygen atoms in total. The fourth-order valence-corrected chi connectivity index (χ4v) is 3.11. The molecule has 0 aromatic heterocycles. The van der Waals surface area contributed by atoms with Gasteiger partial charge in [0.15, 0.2) is 0 Å². The van der Waals surface area contributed by atoms with Crippen LogP contribution in [0.1, 0.15) is 44.1 Å². The number of carbonyl (C=O) groups excluding carboxylic acids is 1. The summed E-state index contributed by atoms with van der Waals surface area (Å²) in [5.74, 6) is 0.0596. The van der Waals surface area contributed by atoms with Crippen molar-refractivity contribution in [3.63, 3.8) is 0 Å². The second-order valence-electron chi connectivity index (χ2n) is 5.51. The van der Waals surface area contributed by atoms with Crippen LogP contribution in [0.2, 0.25) is 0 Å². The maximum Gasteiger partial charge on any atom is 0.222 e. The Kier molecular flexibility index (Phi) is 4.99. The highest BCUT2D eigenvalue weighted by atomic mass is 79.9. The minimum atomic E-state index is -0.278. The number of rotatable bonds is 4. The van der Waals surface area contributed by atoms with Crippen LogP contribution in [-0.2, 0) is 11.3 Å². The Balaban J connectivity index is 1.81. The first-order chi connectivity index (χ1) is 9.07. The fraction of sp³-hybridized carbons (Fsp3) is 0.533. The average Bonchev–Trinajstić information content (AvgIpc) is 2.37. The molecule has 1 saturated carbocycles. The lowest BCUT2D eigenvalue weighted by molar-refractivity contribution is -0.122. The zero-order valence-corrected chi connectivity index (χ0v) is 12.7. The Hall–Kier alpha value is -0.870. The van der Waals surface area contributed by atoms with Gasteiger partial charge < -0.3 is 11.1 Å². The lowest BCUT2D eigenvalue weighted by Crippen LogP contribution is -2.45. The molecule has 0 atom stereocenters. The molecule has 1 aliphatic carbocycles. The lowest BCUT2D eigenvalue weighted by Gasteiger charge is -2.32. The van der Waals surface area contributed by atoms with E-state index in [4.69, 9.17) is 5.73 Å². The minimum absolute atomic E-state index is 0.0596. The molecular formula is C15H21BrN2O. The van der Waals surface area contributed by atoms with Crippen molar-refractivity contribution in [2.45, 2.75) is 50.6 Å². The Morgan fingerprint density at radius 2 is 2.05 bits per heavy atom. The maximum atomic E-state index is 12.0. The van der Waals surface area contributed by atoms with E-state index in [-0.39, 0.29) is 11.4 Å². The first-order valence-electron chi connectivity index (χ1n) is 6.87. The summed E-state index contributed by atoms with van der Waals surface area (Å²) in [7, 11) is 0. The van der Waals surface area contributed by atoms with Crippen molar-refractivity contribution in [1.82, 2.24) is 5.32 Å². The summed E-state index contributed by atoms with van der Waals surface area (Å²) in [6.45, 7) is 0.564. The molecule has 19 heavy (non-hydrogen) atoms. The van der Waals surface area contributed by atoms with Gasteiger partial charge in [0.2, 0.25) is 5.91 Å². The second kappa shape index (κ2) is 6.53. The van der Waals surface area contributed by atoms with Gasteiger partial charge in [-0.25, -0.2) is 0 Å². The van der Waals surface area contributed by atoms with Gasteiger partial charge in [0.25, 0.3) is 0 Å². The monoisotopic (exact) mass is 324 g/mol. The number of carbonyl (C=O) groups is 1. The van der Waals surface area contributed by atoms with Crippen molar-refractivity contribution >= 4 is 21.8 Å². The highest BCUT2D eigenvalue weighted by Gasteiger charge is 2.29. The van der Waals surface area contributed by atoms with Crippen molar-refractivity contribution in [3.05, 3.63) is 34.3 Å². The molecular weight excluding hydrogens is 304 g/mol. The summed E-state index contributed by atoms with van der Waals surface area (Å²) in [5.41, 5.74) is 7.10. The van der Waals surface area contributed by atoms with Gasteiger partial charge in [-0.1, -0.05) is 47.3 Å². The molecule has 1 amide bonds. The topological polar surface area (TPSA) is 55.1 Å². The number of amides is 1. The summed E-state index contributed by atoms with van der Waals surface area (Å²) < 4.78 is 1.03. The van der Waals surface area contributed by atoms with Gasteiger partial charge in [0, 0.05) is 23.0 Å². The molecule has 2 rings (SSSR count). The highest BCUT2D eigenvalue weighted by molar-refractivity contribution is 9.10. The van der Waals surface area contributed by atoms with Crippen molar-refractivity contribution in [2.75, 3.05) is 0 Å². The van der Waals surface area contributed by atoms with Gasteiger partial charge in [-0.2, -0.15) is 0 Å². The second-order valence-corrected chi connectivity index (χ2v) is 6.42. The van der Waals surface area contributed by atoms with Gasteiger partial charge in [0.05, 0.1) is 0 Å². The van der Waals surface area contributed by atoms with Crippen molar-refractivity contribution in [3.8, 4) is 0 Å². The van der Waals surface area contributed by atoms with Crippen LogP contribution in [0, 0.1) is 0 Å². The van der Waals surface area contributed by atoms with Gasteiger partial charge >= 0.3 is 0 Å². The number of nitrogens with one attached hydrogen (secondary N) is 1. The molecule has 1 aromatic rings. The lowest BCUT2D eigenvalue weighted by atomic mass is 9.80. The molecule has 0 heterocycles. The van der Waals surface area contributed by atoms with E-state index in [2.05, 4.69) is 21.2 Å². The van der Waals surface area contributed by atoms with Crippen LogP contribution in [0.15, 0.2) is 28.7 Å². The van der Waals surface area contributed by atoms with E-state index in [1.807, 2.05) is 24.3 Å². The van der Waals surface area contributed by atoms with E-state index in [0.29, 0.717) is 13.0 Å². The van der Waals surface area contributed by atoms with Gasteiger partial charge in [0.1, 0.15) is 0 Å². The maximum absolute atomic E-state index is 12.0. The number of nitrogens with two attached hydrogens (primary N) is 1. The summed E-state index contributed by atoms with van der Waals surface area (Å²) in [6.07, 6.45) is 5.93. The summed E-state index contributed by atoms with van der Waals surface area (Å²) in [5, 5.41) is 2.96. The van der Waals surface area contributed by atoms with E-state index in [1.165, 1.54) is 6.42 Å². The third-order valence-electron chi connectivity index (χ3n) is 3.74. The molecule has 1 aliphatic rings. The first kappa shape index (κ1) is 14.5. The van der Waals surface area contributed by atoms with Gasteiger partial charge in [-0.3, -0.25) is 4.79 Å². The van der Waals surface area contributed by atoms with Crippen LogP contribution in [0.3, 0.4) is 0 Å². The van der Waals surface area contributed by atoms with Crippen molar-refractivity contribution < 1.29 is 4.79 Å². The first-order valence-corrected chi connectivity index (χ1v) is 7.67. The smallest absolute Gasteiger partial charge is 0.222 e. The SMILES string of the molecule is NC1(CC(=O)NCc2cccc(Br)c2)CCCCC1. The van der Waals surface area contributed by atoms with Crippen LogP contribution in [0.4, 0.5) is 0 Å². The van der Waals surface area contributed by atoms with E-state index >= 15 is 0 Å². The summed E-state index contributed by atoms with van der Waals surface area (Å²) in [4.78, 5) is 12.0. The third kappa shape index (κ3) is 4.62. The normalized spacial score (nSPS) is 18.0. The summed E-state index contributed by atoms with van der Waals surface area (Å²) >= 11 is 3.42. The zero-order valence-electron chi connectivity index (χ0n) is 11.1. The molecule has 3 N–H and O–H groups in total. The van der Waals surface area contributed by atoms with Gasteiger partial charge in [-0.05, 0) is 30.5 Å². The van der Waals surface area contributed by atoms with Crippen LogP contribution in [0.25, 0.3) is 0 Å². The average molecular weight is 325 g/mol. The number of hydrogen-bond donors (Lipinski definition) is 2. The van der Waals surface area contributed by atoms with Crippen LogP contribution < -0.4 is 11.1 Å². The Bertz CT molecular complexity index is 442. The molecule has 104 valence electrons. The third-order valence-corrected chi connectivity index (χ3v) is 4.23. The minimum Gasteiger partial charge on any atom is -0.352 e. The molecule has 0 spiro atoms. The van der Waals surface area contributed by atoms with Gasteiger partial charge in [-0.15, -0.1) is 0 Å². The Morgan fingerprint density at radius 1 is 1.32 bits per heavy atom. The quantitative estimate of drug-likeness (QED) is 0.894. The van der Waals surface area contributed by atoms with E-state index in [9.17, 15) is 4.79 Å². The molecule has 1 aromatic carbocycles. The highest BCUT2D eigenvalue weighted by Crippen LogP contribution is 2.28. The van der Waals surface area contributed by atoms with E-state index in [1.54, 1.807) is 0 Å². The Labute approximate surface area is 123 Å². The van der Waals surface area contributed by atoms with E-state index in [0.717, 1.165) is 35.7 Å². The van der Waals surface area contributed by atoms with Crippen LogP contribution in [0.5, 0.6) is 0 Å². The molecule has 0 bridgehead atoms. The number of hydrogen-bond acceptors (Lipinski definition) is 2. The van der Waals surface area contributed by atoms with Crippen LogP contribution in [-0.4, -0.2) is 11.4 Å². The number of benzene rings is 1. The standard InChI is InChI=1S/C15H21BrN2O/c16-13-6-4-5-12(9-13)11-18-14(19)10-15(17)7-2-1-3-8-15/h4-6,9H,1-3,7-8,10-11,17H2,(H,18,19). The fourth-order valence-electron chi connectivity index (χ4n) is 2.66. The molecule has 0 unspecified atom stereocenters. The van der Waals surface area contributed by atoms with Crippen molar-refractivity contribution in [1.29, 1.82) is 0 Å². The number of halogens is 1. The Morgan fingerprint density at radius 3 is 2.74 bits per heavy atom. The zero-order chi connectivity index (χ0) is 13.7. The predicted octanol–water partition coefficient (Wildman–Crippen LogP) is 3.12. The molecule has 0 radical (unpaired) electrons. The molecule has 0 saturated heterocycles.